The van der Waals surface area contributed by atoms with Gasteiger partial charge in [0.25, 0.3) is 0 Å². The Kier molecular flexibility index (Phi) is 10.9. The lowest BCUT2D eigenvalue weighted by Gasteiger charge is -2.37. The van der Waals surface area contributed by atoms with Crippen molar-refractivity contribution in [2.75, 3.05) is 17.7 Å². The van der Waals surface area contributed by atoms with Crippen LogP contribution in [0, 0.1) is 29.1 Å². The molecule has 0 saturated heterocycles. The molecular formula is C39H52N2O3. The van der Waals surface area contributed by atoms with Crippen molar-refractivity contribution in [3.63, 3.8) is 0 Å². The maximum atomic E-state index is 14.0. The number of carbonyl (C=O) groups excluding carboxylic acids is 2. The number of nitrogens with one attached hydrogen (secondary N) is 2. The monoisotopic (exact) mass is 596 g/mol. The summed E-state index contributed by atoms with van der Waals surface area (Å²) < 4.78 is 0. The van der Waals surface area contributed by atoms with Gasteiger partial charge in [-0.25, -0.2) is 0 Å². The van der Waals surface area contributed by atoms with E-state index in [-0.39, 0.29) is 11.7 Å². The van der Waals surface area contributed by atoms with Gasteiger partial charge in [0, 0.05) is 23.6 Å². The van der Waals surface area contributed by atoms with Crippen molar-refractivity contribution in [1.82, 2.24) is 0 Å². The standard InChI is InChI=1S/C37H48N2O2.C2H4O/c1-6-12-31-25-20-26(32(31)13-7-2)24-36(3,23-25)35(41)39-33-22-29(18-19-34(33)40)37(4,27-14-9-8-10-15-27)28-16-11-17-30(21-28)38-5;1-2-3/h8-11,14-19,21-22,25-26,31-32,38,40H,6-7,12-13,20,23-24H2,1-5H3,(H,39,41);2H,1H3. The van der Waals surface area contributed by atoms with Crippen molar-refractivity contribution in [1.29, 1.82) is 0 Å². The number of aromatic hydroxyl groups is 1. The van der Waals surface area contributed by atoms with E-state index < -0.39 is 10.8 Å². The molecule has 5 rings (SSSR count). The molecule has 5 atom stereocenters. The van der Waals surface area contributed by atoms with Crippen LogP contribution in [0.5, 0.6) is 5.75 Å². The smallest absolute Gasteiger partial charge is 0.230 e. The lowest BCUT2D eigenvalue weighted by molar-refractivity contribution is -0.127. The Labute approximate surface area is 264 Å². The molecule has 44 heavy (non-hydrogen) atoms. The summed E-state index contributed by atoms with van der Waals surface area (Å²) in [7, 11) is 1.93. The van der Waals surface area contributed by atoms with Gasteiger partial charge in [0.1, 0.15) is 12.0 Å². The zero-order valence-corrected chi connectivity index (χ0v) is 27.5. The van der Waals surface area contributed by atoms with Crippen LogP contribution in [0.2, 0.25) is 0 Å². The molecule has 3 N–H and O–H groups in total. The minimum Gasteiger partial charge on any atom is -0.506 e. The van der Waals surface area contributed by atoms with E-state index in [1.54, 1.807) is 6.07 Å². The van der Waals surface area contributed by atoms with Crippen molar-refractivity contribution in [2.45, 2.75) is 85.0 Å². The fourth-order valence-electron chi connectivity index (χ4n) is 8.38. The van der Waals surface area contributed by atoms with Crippen LogP contribution in [0.4, 0.5) is 11.4 Å². The van der Waals surface area contributed by atoms with Gasteiger partial charge in [-0.3, -0.25) is 4.79 Å². The number of hydrogen-bond donors (Lipinski definition) is 3. The molecule has 5 heteroatoms. The molecule has 2 bridgehead atoms. The number of fused-ring (bicyclic) bond motifs is 2. The second-order valence-electron chi connectivity index (χ2n) is 13.4. The molecule has 3 aromatic carbocycles. The third-order valence-corrected chi connectivity index (χ3v) is 10.5. The van der Waals surface area contributed by atoms with Crippen LogP contribution in [0.3, 0.4) is 0 Å². The van der Waals surface area contributed by atoms with E-state index in [2.05, 4.69) is 86.9 Å². The Balaban J connectivity index is 0.00000141. The summed E-state index contributed by atoms with van der Waals surface area (Å²) >= 11 is 0. The highest BCUT2D eigenvalue weighted by molar-refractivity contribution is 5.96. The van der Waals surface area contributed by atoms with Gasteiger partial charge in [0.05, 0.1) is 5.69 Å². The molecule has 2 fully saturated rings. The average molecular weight is 597 g/mol. The van der Waals surface area contributed by atoms with E-state index >= 15 is 0 Å². The molecule has 0 aromatic heterocycles. The molecule has 1 amide bonds. The van der Waals surface area contributed by atoms with E-state index in [9.17, 15) is 9.90 Å². The topological polar surface area (TPSA) is 78.4 Å². The molecule has 0 heterocycles. The van der Waals surface area contributed by atoms with E-state index in [0.717, 1.165) is 53.3 Å². The summed E-state index contributed by atoms with van der Waals surface area (Å²) in [6.45, 7) is 10.4. The van der Waals surface area contributed by atoms with Crippen molar-refractivity contribution in [2.24, 2.45) is 29.1 Å². The number of benzene rings is 3. The Hall–Kier alpha value is -3.60. The third-order valence-electron chi connectivity index (χ3n) is 10.5. The van der Waals surface area contributed by atoms with Crippen LogP contribution < -0.4 is 10.6 Å². The summed E-state index contributed by atoms with van der Waals surface area (Å²) in [4.78, 5) is 22.8. The molecule has 2 aliphatic carbocycles. The van der Waals surface area contributed by atoms with Gasteiger partial charge in [0.15, 0.2) is 0 Å². The Bertz CT molecular complexity index is 1380. The second kappa shape index (κ2) is 14.5. The maximum absolute atomic E-state index is 14.0. The van der Waals surface area contributed by atoms with E-state index in [1.165, 1.54) is 39.0 Å². The first-order valence-electron chi connectivity index (χ1n) is 16.5. The number of carbonyl (C=O) groups is 2. The zero-order valence-electron chi connectivity index (χ0n) is 27.5. The minimum absolute atomic E-state index is 0.0469. The Morgan fingerprint density at radius 1 is 0.909 bits per heavy atom. The molecule has 0 spiro atoms. The summed E-state index contributed by atoms with van der Waals surface area (Å²) in [5, 5.41) is 17.5. The predicted molar refractivity (Wildman–Crippen MR) is 182 cm³/mol. The Morgan fingerprint density at radius 3 is 2.05 bits per heavy atom. The van der Waals surface area contributed by atoms with Crippen LogP contribution in [-0.2, 0) is 15.0 Å². The quantitative estimate of drug-likeness (QED) is 0.124. The average Bonchev–Trinajstić information content (AvgIpc) is 3.27. The van der Waals surface area contributed by atoms with Gasteiger partial charge < -0.3 is 20.5 Å². The number of amides is 1. The van der Waals surface area contributed by atoms with Crippen molar-refractivity contribution < 1.29 is 14.7 Å². The zero-order chi connectivity index (χ0) is 31.9. The molecule has 2 aliphatic rings. The molecular weight excluding hydrogens is 544 g/mol. The SMILES string of the molecule is CC=O.CCCC1C2CC(CC(C)(C(=O)Nc3cc(C(C)(c4ccccc4)c4cccc(NC)c4)ccc3O)C2)C1CCC. The van der Waals surface area contributed by atoms with Gasteiger partial charge in [-0.05, 0) is 97.7 Å². The highest BCUT2D eigenvalue weighted by Crippen LogP contribution is 2.58. The fourth-order valence-corrected chi connectivity index (χ4v) is 8.38. The number of anilines is 2. The van der Waals surface area contributed by atoms with Gasteiger partial charge in [-0.15, -0.1) is 0 Å². The highest BCUT2D eigenvalue weighted by Gasteiger charge is 2.53. The molecule has 0 aliphatic heterocycles. The number of aldehydes is 1. The second-order valence-corrected chi connectivity index (χ2v) is 13.4. The van der Waals surface area contributed by atoms with Crippen molar-refractivity contribution >= 4 is 23.6 Å². The van der Waals surface area contributed by atoms with Crippen LogP contribution in [0.25, 0.3) is 0 Å². The Morgan fingerprint density at radius 2 is 1.48 bits per heavy atom. The van der Waals surface area contributed by atoms with E-state index in [0.29, 0.717) is 17.5 Å². The number of rotatable bonds is 10. The van der Waals surface area contributed by atoms with Crippen LogP contribution in [0.15, 0.2) is 72.8 Å². The van der Waals surface area contributed by atoms with Gasteiger partial charge in [-0.2, -0.15) is 0 Å². The molecule has 236 valence electrons. The first-order valence-corrected chi connectivity index (χ1v) is 16.5. The predicted octanol–water partition coefficient (Wildman–Crippen LogP) is 9.20. The summed E-state index contributed by atoms with van der Waals surface area (Å²) in [6, 6.07) is 24.6. The molecule has 0 radical (unpaired) electrons. The third kappa shape index (κ3) is 6.72. The fraction of sp³-hybridized carbons (Fsp3) is 0.487. The summed E-state index contributed by atoms with van der Waals surface area (Å²) in [5.74, 6) is 2.90. The first kappa shape index (κ1) is 33.3. The molecule has 3 aromatic rings. The normalized spacial score (nSPS) is 25.2. The van der Waals surface area contributed by atoms with Crippen molar-refractivity contribution in [3.8, 4) is 5.75 Å². The number of phenolic OH excluding ortho intramolecular Hbond substituents is 1. The van der Waals surface area contributed by atoms with E-state index in [1.807, 2.05) is 25.2 Å². The molecule has 5 unspecified atom stereocenters. The lowest BCUT2D eigenvalue weighted by atomic mass is 9.68. The van der Waals surface area contributed by atoms with Crippen LogP contribution in [-0.4, -0.2) is 24.3 Å². The first-order chi connectivity index (χ1) is 21.1. The van der Waals surface area contributed by atoms with Gasteiger partial charge in [-0.1, -0.05) is 95.0 Å². The number of hydrogen-bond acceptors (Lipinski definition) is 4. The van der Waals surface area contributed by atoms with Crippen LogP contribution in [0.1, 0.15) is 96.3 Å². The van der Waals surface area contributed by atoms with E-state index in [4.69, 9.17) is 4.79 Å². The minimum atomic E-state index is -0.490. The number of phenols is 1. The van der Waals surface area contributed by atoms with Gasteiger partial charge in [0.2, 0.25) is 5.91 Å². The highest BCUT2D eigenvalue weighted by atomic mass is 16.3. The lowest BCUT2D eigenvalue weighted by Crippen LogP contribution is -2.39. The maximum Gasteiger partial charge on any atom is 0.230 e. The summed E-state index contributed by atoms with van der Waals surface area (Å²) in [5.41, 5.74) is 3.93. The largest absolute Gasteiger partial charge is 0.506 e. The van der Waals surface area contributed by atoms with Gasteiger partial charge >= 0.3 is 0 Å². The molecule has 5 nitrogen and oxygen atoms in total. The summed E-state index contributed by atoms with van der Waals surface area (Å²) in [6.07, 6.45) is 8.90. The molecule has 2 saturated carbocycles. The van der Waals surface area contributed by atoms with Crippen molar-refractivity contribution in [3.05, 3.63) is 89.5 Å². The van der Waals surface area contributed by atoms with Crippen LogP contribution >= 0.6 is 0 Å².